The Morgan fingerprint density at radius 1 is 1.16 bits per heavy atom. The van der Waals surface area contributed by atoms with E-state index in [0.29, 0.717) is 19.1 Å². The van der Waals surface area contributed by atoms with Crippen molar-refractivity contribution < 1.29 is 14.3 Å². The Morgan fingerprint density at radius 3 is 2.16 bits per heavy atom. The highest BCUT2D eigenvalue weighted by Crippen LogP contribution is 2.14. The number of hydrogen-bond donors (Lipinski definition) is 0. The van der Waals surface area contributed by atoms with Crippen LogP contribution < -0.4 is 0 Å². The third-order valence-electron chi connectivity index (χ3n) is 3.85. The molecule has 4 nitrogen and oxygen atoms in total. The van der Waals surface area contributed by atoms with Crippen LogP contribution in [-0.2, 0) is 14.3 Å². The predicted molar refractivity (Wildman–Crippen MR) is 78.5 cm³/mol. The van der Waals surface area contributed by atoms with E-state index in [2.05, 4.69) is 18.7 Å². The lowest BCUT2D eigenvalue weighted by atomic mass is 10.00. The van der Waals surface area contributed by atoms with Crippen LogP contribution >= 0.6 is 0 Å². The molecule has 0 spiro atoms. The average Bonchev–Trinajstić information content (AvgIpc) is 2.41. The van der Waals surface area contributed by atoms with Gasteiger partial charge in [0.15, 0.2) is 5.78 Å². The maximum Gasteiger partial charge on any atom is 0.165 e. The molecule has 0 aliphatic heterocycles. The van der Waals surface area contributed by atoms with E-state index in [4.69, 9.17) is 9.47 Å². The predicted octanol–water partition coefficient (Wildman–Crippen LogP) is 2.51. The average molecular weight is 273 g/mol. The highest BCUT2D eigenvalue weighted by molar-refractivity contribution is 5.86. The number of hydrogen-bond acceptors (Lipinski definition) is 4. The molecular weight excluding hydrogens is 242 g/mol. The van der Waals surface area contributed by atoms with Crippen molar-refractivity contribution in [2.24, 2.45) is 0 Å². The van der Waals surface area contributed by atoms with Gasteiger partial charge in [-0.15, -0.1) is 0 Å². The summed E-state index contributed by atoms with van der Waals surface area (Å²) in [7, 11) is 3.30. The fraction of sp³-hybridized carbons (Fsp3) is 0.933. The van der Waals surface area contributed by atoms with Crippen molar-refractivity contribution in [2.75, 3.05) is 33.9 Å². The summed E-state index contributed by atoms with van der Waals surface area (Å²) in [5.74, 6) is 0.156. The Morgan fingerprint density at radius 2 is 1.74 bits per heavy atom. The first kappa shape index (κ1) is 18.6. The molecule has 0 unspecified atom stereocenters. The van der Waals surface area contributed by atoms with Gasteiger partial charge in [0.25, 0.3) is 0 Å². The van der Waals surface area contributed by atoms with Crippen LogP contribution in [-0.4, -0.2) is 56.2 Å². The summed E-state index contributed by atoms with van der Waals surface area (Å²) in [5, 5.41) is 0. The molecule has 114 valence electrons. The standard InChI is InChI=1S/C15H31NO3/c1-7-13(8-2)16(11-12-18-5)10-9-14(17)15(3,4)19-6/h13H,7-12H2,1-6H3. The SMILES string of the molecule is CCC(CC)N(CCOC)CCC(=O)C(C)(C)OC. The number of nitrogens with zero attached hydrogens (tertiary/aromatic N) is 1. The van der Waals surface area contributed by atoms with Gasteiger partial charge in [-0.2, -0.15) is 0 Å². The highest BCUT2D eigenvalue weighted by Gasteiger charge is 2.27. The third kappa shape index (κ3) is 6.50. The first-order chi connectivity index (χ1) is 8.92. The van der Waals surface area contributed by atoms with E-state index in [1.165, 1.54) is 0 Å². The summed E-state index contributed by atoms with van der Waals surface area (Å²) in [6.07, 6.45) is 2.73. The van der Waals surface area contributed by atoms with Crippen molar-refractivity contribution in [3.63, 3.8) is 0 Å². The van der Waals surface area contributed by atoms with Gasteiger partial charge in [-0.25, -0.2) is 0 Å². The Labute approximate surface area is 118 Å². The molecule has 0 heterocycles. The molecule has 0 rings (SSSR count). The molecule has 0 N–H and O–H groups in total. The summed E-state index contributed by atoms with van der Waals surface area (Å²) in [4.78, 5) is 14.4. The highest BCUT2D eigenvalue weighted by atomic mass is 16.5. The van der Waals surface area contributed by atoms with Gasteiger partial charge >= 0.3 is 0 Å². The Kier molecular flexibility index (Phi) is 9.23. The quantitative estimate of drug-likeness (QED) is 0.580. The normalized spacial score (nSPS) is 12.4. The Hall–Kier alpha value is -0.450. The van der Waals surface area contributed by atoms with Crippen LogP contribution in [0.4, 0.5) is 0 Å². The van der Waals surface area contributed by atoms with Gasteiger partial charge in [0, 0.05) is 39.8 Å². The Balaban J connectivity index is 4.44. The van der Waals surface area contributed by atoms with E-state index in [1.807, 2.05) is 13.8 Å². The topological polar surface area (TPSA) is 38.8 Å². The molecule has 0 saturated heterocycles. The summed E-state index contributed by atoms with van der Waals surface area (Å²) in [5.41, 5.74) is -0.680. The molecule has 0 aromatic carbocycles. The summed E-state index contributed by atoms with van der Waals surface area (Å²) >= 11 is 0. The lowest BCUT2D eigenvalue weighted by Crippen LogP contribution is -2.41. The molecule has 0 aliphatic rings. The summed E-state index contributed by atoms with van der Waals surface area (Å²) in [6, 6.07) is 0.522. The number of rotatable bonds is 11. The van der Waals surface area contributed by atoms with Gasteiger partial charge in [-0.05, 0) is 26.7 Å². The molecule has 0 radical (unpaired) electrons. The van der Waals surface area contributed by atoms with Gasteiger partial charge in [0.05, 0.1) is 6.61 Å². The van der Waals surface area contributed by atoms with Crippen LogP contribution in [0.1, 0.15) is 47.0 Å². The number of carbonyl (C=O) groups excluding carboxylic acids is 1. The number of methoxy groups -OCH3 is 2. The van der Waals surface area contributed by atoms with Crippen LogP contribution in [0.3, 0.4) is 0 Å². The van der Waals surface area contributed by atoms with Crippen molar-refractivity contribution in [2.45, 2.75) is 58.6 Å². The van der Waals surface area contributed by atoms with Gasteiger partial charge in [-0.3, -0.25) is 9.69 Å². The van der Waals surface area contributed by atoms with Crippen LogP contribution in [0.25, 0.3) is 0 Å². The molecule has 4 heteroatoms. The summed E-state index contributed by atoms with van der Waals surface area (Å²) in [6.45, 7) is 10.4. The number of ether oxygens (including phenoxy) is 2. The van der Waals surface area contributed by atoms with Gasteiger partial charge in [-0.1, -0.05) is 13.8 Å². The molecule has 0 saturated carbocycles. The second-order valence-electron chi connectivity index (χ2n) is 5.39. The first-order valence-corrected chi connectivity index (χ1v) is 7.24. The van der Waals surface area contributed by atoms with E-state index >= 15 is 0 Å². The Bertz CT molecular complexity index is 250. The van der Waals surface area contributed by atoms with E-state index < -0.39 is 5.60 Å². The maximum absolute atomic E-state index is 12.1. The van der Waals surface area contributed by atoms with Crippen molar-refractivity contribution in [1.82, 2.24) is 4.90 Å². The van der Waals surface area contributed by atoms with E-state index in [9.17, 15) is 4.79 Å². The van der Waals surface area contributed by atoms with Gasteiger partial charge in [0.2, 0.25) is 0 Å². The molecule has 0 fully saturated rings. The zero-order chi connectivity index (χ0) is 14.9. The number of ketones is 1. The lowest BCUT2D eigenvalue weighted by molar-refractivity contribution is -0.137. The van der Waals surface area contributed by atoms with Crippen LogP contribution in [0, 0.1) is 0 Å². The van der Waals surface area contributed by atoms with E-state index in [0.717, 1.165) is 25.9 Å². The zero-order valence-corrected chi connectivity index (χ0v) is 13.5. The van der Waals surface area contributed by atoms with Crippen LogP contribution in [0.15, 0.2) is 0 Å². The second kappa shape index (κ2) is 9.45. The smallest absolute Gasteiger partial charge is 0.165 e. The molecule has 0 bridgehead atoms. The van der Waals surface area contributed by atoms with Crippen molar-refractivity contribution >= 4 is 5.78 Å². The fourth-order valence-corrected chi connectivity index (χ4v) is 2.15. The van der Waals surface area contributed by atoms with Gasteiger partial charge < -0.3 is 9.47 Å². The minimum Gasteiger partial charge on any atom is -0.383 e. The molecular formula is C15H31NO3. The molecule has 0 aromatic rings. The van der Waals surface area contributed by atoms with Crippen LogP contribution in [0.2, 0.25) is 0 Å². The first-order valence-electron chi connectivity index (χ1n) is 7.24. The van der Waals surface area contributed by atoms with Crippen molar-refractivity contribution in [3.8, 4) is 0 Å². The largest absolute Gasteiger partial charge is 0.383 e. The lowest BCUT2D eigenvalue weighted by Gasteiger charge is -2.31. The van der Waals surface area contributed by atoms with Crippen molar-refractivity contribution in [1.29, 1.82) is 0 Å². The van der Waals surface area contributed by atoms with E-state index in [-0.39, 0.29) is 5.78 Å². The monoisotopic (exact) mass is 273 g/mol. The minimum absolute atomic E-state index is 0.156. The van der Waals surface area contributed by atoms with Gasteiger partial charge in [0.1, 0.15) is 5.60 Å². The zero-order valence-electron chi connectivity index (χ0n) is 13.5. The number of carbonyl (C=O) groups is 1. The third-order valence-corrected chi connectivity index (χ3v) is 3.85. The summed E-state index contributed by atoms with van der Waals surface area (Å²) < 4.78 is 10.4. The molecule has 0 atom stereocenters. The maximum atomic E-state index is 12.1. The molecule has 0 amide bonds. The second-order valence-corrected chi connectivity index (χ2v) is 5.39. The fourth-order valence-electron chi connectivity index (χ4n) is 2.15. The van der Waals surface area contributed by atoms with E-state index in [1.54, 1.807) is 14.2 Å². The number of Topliss-reactive ketones (excluding diaryl/α,β-unsaturated/α-hetero) is 1. The molecule has 0 aliphatic carbocycles. The van der Waals surface area contributed by atoms with Crippen LogP contribution in [0.5, 0.6) is 0 Å². The van der Waals surface area contributed by atoms with Crippen molar-refractivity contribution in [3.05, 3.63) is 0 Å². The molecule has 0 aromatic heterocycles. The minimum atomic E-state index is -0.680. The molecule has 19 heavy (non-hydrogen) atoms.